The maximum Gasteiger partial charge on any atom is 0.106 e. The lowest BCUT2D eigenvalue weighted by atomic mass is 9.55. The fraction of sp³-hybridized carbons (Fsp3) is 0.909. The minimum Gasteiger partial charge on any atom is -0.399 e. The topological polar surface area (TPSA) is 21.6 Å². The molecule has 2 nitrogen and oxygen atoms in total. The Morgan fingerprint density at radius 1 is 1.29 bits per heavy atom. The Labute approximate surface area is 98.6 Å². The number of rotatable bonds is 1. The molecule has 0 amide bonds. The van der Waals surface area contributed by atoms with E-state index in [2.05, 4.69) is 27.7 Å². The molecular formula is C11H16INO. The molecule has 0 radical (unpaired) electrons. The number of alkyl halides is 1. The number of halogens is 1. The predicted octanol–water partition coefficient (Wildman–Crippen LogP) is 2.86. The van der Waals surface area contributed by atoms with Crippen molar-refractivity contribution in [3.8, 4) is 0 Å². The van der Waals surface area contributed by atoms with Gasteiger partial charge >= 0.3 is 0 Å². The van der Waals surface area contributed by atoms with Crippen LogP contribution in [-0.2, 0) is 4.84 Å². The first-order valence-corrected chi connectivity index (χ1v) is 6.79. The van der Waals surface area contributed by atoms with E-state index in [4.69, 9.17) is 4.84 Å². The summed E-state index contributed by atoms with van der Waals surface area (Å²) in [6.45, 7) is 0. The summed E-state index contributed by atoms with van der Waals surface area (Å²) < 4.78 is 0.828. The average Bonchev–Trinajstić information content (AvgIpc) is 2.18. The van der Waals surface area contributed by atoms with Crippen LogP contribution in [0.5, 0.6) is 0 Å². The van der Waals surface area contributed by atoms with Crippen molar-refractivity contribution in [1.29, 1.82) is 0 Å². The number of hydrogen-bond acceptors (Lipinski definition) is 2. The first kappa shape index (κ1) is 9.43. The standard InChI is InChI=1S/C11H16INO/c1-14-13-11-8-3-6-2-7(5-8)10(12)9(11)4-6/h6-10H,2-5H2,1H3/b13-11-/t6?,7?,8?,9?,10-/m1/s1. The number of hydrogen-bond donors (Lipinski definition) is 0. The molecule has 4 rings (SSSR count). The van der Waals surface area contributed by atoms with Gasteiger partial charge in [-0.25, -0.2) is 0 Å². The van der Waals surface area contributed by atoms with Crippen LogP contribution in [0.15, 0.2) is 5.16 Å². The summed E-state index contributed by atoms with van der Waals surface area (Å²) in [4.78, 5) is 5.00. The van der Waals surface area contributed by atoms with Gasteiger partial charge in [0.25, 0.3) is 0 Å². The molecule has 0 aromatic rings. The highest BCUT2D eigenvalue weighted by atomic mass is 127. The van der Waals surface area contributed by atoms with E-state index >= 15 is 0 Å². The van der Waals surface area contributed by atoms with E-state index < -0.39 is 0 Å². The van der Waals surface area contributed by atoms with Crippen LogP contribution in [0.25, 0.3) is 0 Å². The normalized spacial score (nSPS) is 52.7. The fourth-order valence-electron chi connectivity index (χ4n) is 3.83. The van der Waals surface area contributed by atoms with Crippen molar-refractivity contribution in [3.05, 3.63) is 0 Å². The second-order valence-corrected chi connectivity index (χ2v) is 6.45. The van der Waals surface area contributed by atoms with Crippen molar-refractivity contribution in [1.82, 2.24) is 0 Å². The summed E-state index contributed by atoms with van der Waals surface area (Å²) >= 11 is 2.65. The lowest BCUT2D eigenvalue weighted by Gasteiger charge is -2.52. The Balaban J connectivity index is 1.93. The maximum absolute atomic E-state index is 5.00. The lowest BCUT2D eigenvalue weighted by molar-refractivity contribution is 0.110. The molecule has 3 heteroatoms. The molecule has 0 aromatic carbocycles. The second-order valence-electron chi connectivity index (χ2n) is 5.02. The van der Waals surface area contributed by atoms with Gasteiger partial charge in [-0.05, 0) is 37.5 Å². The van der Waals surface area contributed by atoms with Crippen LogP contribution in [0.2, 0.25) is 0 Å². The van der Waals surface area contributed by atoms with Crippen LogP contribution >= 0.6 is 22.6 Å². The summed E-state index contributed by atoms with van der Waals surface area (Å²) in [6.07, 6.45) is 5.63. The zero-order valence-corrected chi connectivity index (χ0v) is 10.6. The Bertz CT molecular complexity index is 278. The van der Waals surface area contributed by atoms with E-state index in [1.165, 1.54) is 31.4 Å². The van der Waals surface area contributed by atoms with Gasteiger partial charge in [-0.3, -0.25) is 0 Å². The quantitative estimate of drug-likeness (QED) is 0.415. The first-order chi connectivity index (χ1) is 6.79. The van der Waals surface area contributed by atoms with E-state index in [0.717, 1.165) is 27.6 Å². The van der Waals surface area contributed by atoms with Crippen molar-refractivity contribution in [2.75, 3.05) is 7.11 Å². The third kappa shape index (κ3) is 1.24. The van der Waals surface area contributed by atoms with Gasteiger partial charge in [-0.15, -0.1) is 0 Å². The van der Waals surface area contributed by atoms with E-state index in [9.17, 15) is 0 Å². The minimum atomic E-state index is 0.742. The van der Waals surface area contributed by atoms with E-state index in [0.29, 0.717) is 0 Å². The third-order valence-electron chi connectivity index (χ3n) is 4.26. The first-order valence-electron chi connectivity index (χ1n) is 5.54. The molecule has 0 N–H and O–H groups in total. The molecular weight excluding hydrogens is 289 g/mol. The highest BCUT2D eigenvalue weighted by molar-refractivity contribution is 14.1. The second kappa shape index (κ2) is 3.35. The van der Waals surface area contributed by atoms with Gasteiger partial charge in [0, 0.05) is 15.8 Å². The molecule has 4 aliphatic rings. The van der Waals surface area contributed by atoms with Gasteiger partial charge in [0.05, 0.1) is 5.71 Å². The highest BCUT2D eigenvalue weighted by Gasteiger charge is 2.51. The van der Waals surface area contributed by atoms with E-state index in [-0.39, 0.29) is 0 Å². The molecule has 14 heavy (non-hydrogen) atoms. The van der Waals surface area contributed by atoms with Crippen LogP contribution < -0.4 is 0 Å². The monoisotopic (exact) mass is 305 g/mol. The molecule has 4 bridgehead atoms. The van der Waals surface area contributed by atoms with E-state index in [1.807, 2.05) is 0 Å². The summed E-state index contributed by atoms with van der Waals surface area (Å²) in [5.41, 5.74) is 1.39. The van der Waals surface area contributed by atoms with Gasteiger partial charge in [0.1, 0.15) is 7.11 Å². The Morgan fingerprint density at radius 3 is 2.93 bits per heavy atom. The Kier molecular flexibility index (Phi) is 2.26. The maximum atomic E-state index is 5.00. The SMILES string of the molecule is CO/N=C1/C2CC3CC(C2)[C@@H](I)C1C3. The van der Waals surface area contributed by atoms with Gasteiger partial charge < -0.3 is 4.84 Å². The molecule has 5 atom stereocenters. The molecule has 4 unspecified atom stereocenters. The van der Waals surface area contributed by atoms with Crippen molar-refractivity contribution >= 4 is 28.3 Å². The van der Waals surface area contributed by atoms with Crippen LogP contribution in [0.1, 0.15) is 25.7 Å². The van der Waals surface area contributed by atoms with Crippen LogP contribution in [-0.4, -0.2) is 16.7 Å². The zero-order chi connectivity index (χ0) is 9.71. The Morgan fingerprint density at radius 2 is 2.14 bits per heavy atom. The highest BCUT2D eigenvalue weighted by Crippen LogP contribution is 2.54. The van der Waals surface area contributed by atoms with Crippen LogP contribution in [0, 0.1) is 23.7 Å². The van der Waals surface area contributed by atoms with Gasteiger partial charge in [-0.2, -0.15) is 0 Å². The van der Waals surface area contributed by atoms with Crippen molar-refractivity contribution < 1.29 is 4.84 Å². The van der Waals surface area contributed by atoms with Gasteiger partial charge in [0.15, 0.2) is 0 Å². The molecule has 0 aliphatic heterocycles. The molecule has 4 aliphatic carbocycles. The molecule has 0 heterocycles. The molecule has 4 saturated carbocycles. The summed E-state index contributed by atoms with van der Waals surface area (Å²) in [7, 11) is 1.68. The molecule has 0 spiro atoms. The molecule has 4 fully saturated rings. The smallest absolute Gasteiger partial charge is 0.106 e. The molecule has 0 aromatic heterocycles. The van der Waals surface area contributed by atoms with Crippen LogP contribution in [0.3, 0.4) is 0 Å². The predicted molar refractivity (Wildman–Crippen MR) is 64.7 cm³/mol. The third-order valence-corrected chi connectivity index (χ3v) is 6.14. The van der Waals surface area contributed by atoms with Crippen LogP contribution in [0.4, 0.5) is 0 Å². The summed E-state index contributed by atoms with van der Waals surface area (Å²) in [5, 5.41) is 4.29. The fourth-order valence-corrected chi connectivity index (χ4v) is 5.08. The minimum absolute atomic E-state index is 0.742. The lowest BCUT2D eigenvalue weighted by Crippen LogP contribution is -2.51. The molecule has 78 valence electrons. The van der Waals surface area contributed by atoms with Crippen molar-refractivity contribution in [2.45, 2.75) is 29.6 Å². The summed E-state index contributed by atoms with van der Waals surface area (Å²) in [5.74, 6) is 3.50. The summed E-state index contributed by atoms with van der Waals surface area (Å²) in [6, 6.07) is 0. The largest absolute Gasteiger partial charge is 0.399 e. The van der Waals surface area contributed by atoms with Crippen molar-refractivity contribution in [2.24, 2.45) is 28.8 Å². The number of nitrogens with zero attached hydrogens (tertiary/aromatic N) is 1. The van der Waals surface area contributed by atoms with Gasteiger partial charge in [-0.1, -0.05) is 27.7 Å². The Hall–Kier alpha value is 0.200. The molecule has 0 saturated heterocycles. The number of oxime groups is 1. The zero-order valence-electron chi connectivity index (χ0n) is 8.45. The van der Waals surface area contributed by atoms with Gasteiger partial charge in [0.2, 0.25) is 0 Å². The van der Waals surface area contributed by atoms with E-state index in [1.54, 1.807) is 7.11 Å². The average molecular weight is 305 g/mol. The van der Waals surface area contributed by atoms with Crippen molar-refractivity contribution in [3.63, 3.8) is 0 Å².